The van der Waals surface area contributed by atoms with Crippen molar-refractivity contribution in [2.24, 2.45) is 0 Å². The highest BCUT2D eigenvalue weighted by Gasteiger charge is 2.15. The van der Waals surface area contributed by atoms with Gasteiger partial charge in [-0.3, -0.25) is 0 Å². The van der Waals surface area contributed by atoms with Crippen LogP contribution < -0.4 is 5.32 Å². The number of nitrogens with zero attached hydrogens (tertiary/aromatic N) is 1. The summed E-state index contributed by atoms with van der Waals surface area (Å²) in [5.41, 5.74) is 3.50. The van der Waals surface area contributed by atoms with E-state index in [1.807, 2.05) is 0 Å². The molecule has 1 aromatic carbocycles. The smallest absolute Gasteiger partial charge is 0.0931 e. The highest BCUT2D eigenvalue weighted by molar-refractivity contribution is 5.74. The Labute approximate surface area is 88.9 Å². The molecule has 1 saturated carbocycles. The lowest BCUT2D eigenvalue weighted by Crippen LogP contribution is -2.34. The van der Waals surface area contributed by atoms with Crippen LogP contribution in [0.3, 0.4) is 0 Å². The third kappa shape index (κ3) is 1.75. The van der Waals surface area contributed by atoms with Gasteiger partial charge in [0.1, 0.15) is 0 Å². The van der Waals surface area contributed by atoms with Gasteiger partial charge in [-0.25, -0.2) is 4.98 Å². The molecule has 1 fully saturated rings. The minimum absolute atomic E-state index is 0.752. The van der Waals surface area contributed by atoms with Crippen molar-refractivity contribution in [1.29, 1.82) is 0 Å². The maximum atomic E-state index is 4.21. The molecule has 0 spiro atoms. The molecular weight excluding hydrogens is 186 g/mol. The standard InChI is InChI=1S/C12H15N3/c1-2-10(3-1)13-7-9-4-5-11-12(6-9)15-8-14-11/h4-6,8,10,13H,1-3,7H2,(H,14,15). The maximum Gasteiger partial charge on any atom is 0.0931 e. The summed E-state index contributed by atoms with van der Waals surface area (Å²) in [6.45, 7) is 0.972. The molecule has 2 N–H and O–H groups in total. The van der Waals surface area contributed by atoms with Gasteiger partial charge in [0.05, 0.1) is 17.4 Å². The van der Waals surface area contributed by atoms with Gasteiger partial charge < -0.3 is 10.3 Å². The Hall–Kier alpha value is -1.35. The van der Waals surface area contributed by atoms with Crippen LogP contribution >= 0.6 is 0 Å². The number of aromatic amines is 1. The lowest BCUT2D eigenvalue weighted by molar-refractivity contribution is 0.338. The highest BCUT2D eigenvalue weighted by atomic mass is 14.9. The normalized spacial score (nSPS) is 16.8. The number of fused-ring (bicyclic) bond motifs is 1. The van der Waals surface area contributed by atoms with Crippen molar-refractivity contribution in [2.45, 2.75) is 31.8 Å². The zero-order chi connectivity index (χ0) is 10.1. The van der Waals surface area contributed by atoms with E-state index in [0.717, 1.165) is 23.6 Å². The van der Waals surface area contributed by atoms with E-state index in [2.05, 4.69) is 33.5 Å². The summed E-state index contributed by atoms with van der Waals surface area (Å²) in [5.74, 6) is 0. The molecule has 0 aliphatic heterocycles. The molecule has 0 amide bonds. The zero-order valence-corrected chi connectivity index (χ0v) is 8.66. The second-order valence-electron chi connectivity index (χ2n) is 4.26. The predicted molar refractivity (Wildman–Crippen MR) is 60.6 cm³/mol. The lowest BCUT2D eigenvalue weighted by atomic mass is 9.93. The van der Waals surface area contributed by atoms with Gasteiger partial charge in [0.15, 0.2) is 0 Å². The molecule has 3 nitrogen and oxygen atoms in total. The van der Waals surface area contributed by atoms with Crippen LogP contribution in [-0.2, 0) is 6.54 Å². The van der Waals surface area contributed by atoms with Gasteiger partial charge in [-0.2, -0.15) is 0 Å². The van der Waals surface area contributed by atoms with E-state index in [1.54, 1.807) is 6.33 Å². The van der Waals surface area contributed by atoms with E-state index in [-0.39, 0.29) is 0 Å². The van der Waals surface area contributed by atoms with E-state index in [4.69, 9.17) is 0 Å². The zero-order valence-electron chi connectivity index (χ0n) is 8.66. The third-order valence-corrected chi connectivity index (χ3v) is 3.18. The van der Waals surface area contributed by atoms with E-state index in [9.17, 15) is 0 Å². The first-order valence-electron chi connectivity index (χ1n) is 5.57. The number of nitrogens with one attached hydrogen (secondary N) is 2. The van der Waals surface area contributed by atoms with Crippen LogP contribution in [0.5, 0.6) is 0 Å². The molecule has 0 atom stereocenters. The third-order valence-electron chi connectivity index (χ3n) is 3.18. The maximum absolute atomic E-state index is 4.21. The molecule has 0 saturated heterocycles. The van der Waals surface area contributed by atoms with Crippen molar-refractivity contribution >= 4 is 11.0 Å². The van der Waals surface area contributed by atoms with Crippen molar-refractivity contribution in [3.05, 3.63) is 30.1 Å². The van der Waals surface area contributed by atoms with Crippen molar-refractivity contribution in [3.8, 4) is 0 Å². The van der Waals surface area contributed by atoms with Gasteiger partial charge in [0, 0.05) is 12.6 Å². The first-order chi connectivity index (χ1) is 7.42. The summed E-state index contributed by atoms with van der Waals surface area (Å²) in [7, 11) is 0. The van der Waals surface area contributed by atoms with Crippen molar-refractivity contribution < 1.29 is 0 Å². The monoisotopic (exact) mass is 201 g/mol. The summed E-state index contributed by atoms with van der Waals surface area (Å²) in [5, 5.41) is 3.56. The SMILES string of the molecule is c1nc2ccc(CNC3CCC3)cc2[nH]1. The fourth-order valence-electron chi connectivity index (χ4n) is 1.97. The van der Waals surface area contributed by atoms with Crippen LogP contribution in [0.25, 0.3) is 11.0 Å². The summed E-state index contributed by atoms with van der Waals surface area (Å²) >= 11 is 0. The first kappa shape index (κ1) is 8.92. The van der Waals surface area contributed by atoms with Gasteiger partial charge in [-0.15, -0.1) is 0 Å². The molecule has 1 aliphatic rings. The number of H-pyrrole nitrogens is 1. The summed E-state index contributed by atoms with van der Waals surface area (Å²) in [4.78, 5) is 7.34. The van der Waals surface area contributed by atoms with E-state index in [1.165, 1.54) is 24.8 Å². The number of imidazole rings is 1. The molecule has 2 aromatic rings. The van der Waals surface area contributed by atoms with Crippen LogP contribution in [-0.4, -0.2) is 16.0 Å². The van der Waals surface area contributed by atoms with Crippen molar-refractivity contribution in [1.82, 2.24) is 15.3 Å². The Bertz CT molecular complexity index is 457. The second kappa shape index (κ2) is 3.66. The Balaban J connectivity index is 1.72. The number of hydrogen-bond acceptors (Lipinski definition) is 2. The minimum Gasteiger partial charge on any atom is -0.345 e. The Kier molecular flexibility index (Phi) is 2.18. The van der Waals surface area contributed by atoms with E-state index in [0.29, 0.717) is 0 Å². The molecule has 3 heteroatoms. The number of benzene rings is 1. The van der Waals surface area contributed by atoms with Crippen molar-refractivity contribution in [2.75, 3.05) is 0 Å². The van der Waals surface area contributed by atoms with Gasteiger partial charge in [-0.05, 0) is 30.5 Å². The summed E-state index contributed by atoms with van der Waals surface area (Å²) < 4.78 is 0. The van der Waals surface area contributed by atoms with Crippen molar-refractivity contribution in [3.63, 3.8) is 0 Å². The topological polar surface area (TPSA) is 40.7 Å². The van der Waals surface area contributed by atoms with E-state index >= 15 is 0 Å². The van der Waals surface area contributed by atoms with Gasteiger partial charge in [-0.1, -0.05) is 12.5 Å². The Morgan fingerprint density at radius 2 is 2.33 bits per heavy atom. The number of hydrogen-bond donors (Lipinski definition) is 2. The molecular formula is C12H15N3. The van der Waals surface area contributed by atoms with Gasteiger partial charge in [0.25, 0.3) is 0 Å². The largest absolute Gasteiger partial charge is 0.345 e. The van der Waals surface area contributed by atoms with Crippen LogP contribution in [0.2, 0.25) is 0 Å². The van der Waals surface area contributed by atoms with Crippen LogP contribution in [0.1, 0.15) is 24.8 Å². The Morgan fingerprint density at radius 3 is 3.13 bits per heavy atom. The number of aromatic nitrogens is 2. The van der Waals surface area contributed by atoms with Gasteiger partial charge in [0.2, 0.25) is 0 Å². The molecule has 0 radical (unpaired) electrons. The highest BCUT2D eigenvalue weighted by Crippen LogP contribution is 2.19. The lowest BCUT2D eigenvalue weighted by Gasteiger charge is -2.26. The fourth-order valence-corrected chi connectivity index (χ4v) is 1.97. The van der Waals surface area contributed by atoms with Gasteiger partial charge >= 0.3 is 0 Å². The second-order valence-corrected chi connectivity index (χ2v) is 4.26. The predicted octanol–water partition coefficient (Wildman–Crippen LogP) is 2.21. The molecule has 3 rings (SSSR count). The molecule has 1 aromatic heterocycles. The average Bonchev–Trinajstić information content (AvgIpc) is 2.62. The fraction of sp³-hybridized carbons (Fsp3) is 0.417. The number of rotatable bonds is 3. The molecule has 0 unspecified atom stereocenters. The summed E-state index contributed by atoms with van der Waals surface area (Å²) in [6, 6.07) is 7.15. The molecule has 0 bridgehead atoms. The van der Waals surface area contributed by atoms with Crippen LogP contribution in [0.15, 0.2) is 24.5 Å². The van der Waals surface area contributed by atoms with Crippen LogP contribution in [0.4, 0.5) is 0 Å². The quantitative estimate of drug-likeness (QED) is 0.799. The van der Waals surface area contributed by atoms with E-state index < -0.39 is 0 Å². The molecule has 1 aliphatic carbocycles. The molecule has 1 heterocycles. The van der Waals surface area contributed by atoms with Crippen LogP contribution in [0, 0.1) is 0 Å². The molecule has 15 heavy (non-hydrogen) atoms. The summed E-state index contributed by atoms with van der Waals surface area (Å²) in [6.07, 6.45) is 5.81. The minimum atomic E-state index is 0.752. The first-order valence-corrected chi connectivity index (χ1v) is 5.57. The Morgan fingerprint density at radius 1 is 1.40 bits per heavy atom. The molecule has 78 valence electrons. The average molecular weight is 201 g/mol.